The van der Waals surface area contributed by atoms with E-state index in [2.05, 4.69) is 21.2 Å². The zero-order chi connectivity index (χ0) is 14.0. The summed E-state index contributed by atoms with van der Waals surface area (Å²) in [6, 6.07) is 6.68. The van der Waals surface area contributed by atoms with Crippen molar-refractivity contribution < 1.29 is 9.59 Å². The molecule has 1 aromatic heterocycles. The number of nitrogens with two attached hydrogens (primary N) is 1. The van der Waals surface area contributed by atoms with Gasteiger partial charge in [-0.15, -0.1) is 11.3 Å². The van der Waals surface area contributed by atoms with Gasteiger partial charge in [0.2, 0.25) is 5.91 Å². The molecule has 0 atom stereocenters. The smallest absolute Gasteiger partial charge is 0.256 e. The van der Waals surface area contributed by atoms with Crippen LogP contribution in [0.1, 0.15) is 26.3 Å². The number of halogens is 1. The number of thiophene rings is 1. The number of hydrogen-bond acceptors (Lipinski definition) is 3. The van der Waals surface area contributed by atoms with Crippen molar-refractivity contribution in [3.8, 4) is 0 Å². The first kappa shape index (κ1) is 13.8. The van der Waals surface area contributed by atoms with Gasteiger partial charge in [0.15, 0.2) is 0 Å². The molecular weight excluding hydrogens is 328 g/mol. The molecule has 0 spiro atoms. The van der Waals surface area contributed by atoms with E-state index in [1.165, 1.54) is 11.3 Å². The molecule has 2 rings (SSSR count). The Morgan fingerprint density at radius 3 is 2.53 bits per heavy atom. The van der Waals surface area contributed by atoms with Gasteiger partial charge in [-0.2, -0.15) is 0 Å². The molecule has 0 aliphatic rings. The van der Waals surface area contributed by atoms with E-state index in [-0.39, 0.29) is 5.91 Å². The van der Waals surface area contributed by atoms with E-state index in [4.69, 9.17) is 5.73 Å². The highest BCUT2D eigenvalue weighted by molar-refractivity contribution is 9.11. The molecule has 0 saturated carbocycles. The van der Waals surface area contributed by atoms with Gasteiger partial charge in [0.25, 0.3) is 5.91 Å². The first-order valence-corrected chi connectivity index (χ1v) is 7.10. The lowest BCUT2D eigenvalue weighted by Gasteiger charge is -2.08. The highest BCUT2D eigenvalue weighted by atomic mass is 79.9. The van der Waals surface area contributed by atoms with E-state index in [0.717, 1.165) is 9.35 Å². The van der Waals surface area contributed by atoms with E-state index in [1.54, 1.807) is 29.6 Å². The van der Waals surface area contributed by atoms with Gasteiger partial charge < -0.3 is 11.1 Å². The minimum absolute atomic E-state index is 0.183. The summed E-state index contributed by atoms with van der Waals surface area (Å²) in [7, 11) is 0. The van der Waals surface area contributed by atoms with Gasteiger partial charge in [-0.3, -0.25) is 9.59 Å². The molecule has 2 aromatic rings. The van der Waals surface area contributed by atoms with Crippen LogP contribution in [0.4, 0.5) is 5.69 Å². The van der Waals surface area contributed by atoms with Gasteiger partial charge in [-0.05, 0) is 52.7 Å². The Balaban J connectivity index is 2.20. The Morgan fingerprint density at radius 1 is 1.26 bits per heavy atom. The fraction of sp³-hybridized carbons (Fsp3) is 0.0769. The molecule has 4 nitrogen and oxygen atoms in total. The van der Waals surface area contributed by atoms with E-state index in [9.17, 15) is 9.59 Å². The number of nitrogens with one attached hydrogen (secondary N) is 1. The molecular formula is C13H11BrN2O2S. The molecule has 1 heterocycles. The summed E-state index contributed by atoms with van der Waals surface area (Å²) < 4.78 is 0.901. The number of rotatable bonds is 3. The van der Waals surface area contributed by atoms with Gasteiger partial charge in [-0.25, -0.2) is 0 Å². The average Bonchev–Trinajstić information content (AvgIpc) is 2.78. The molecule has 0 aliphatic carbocycles. The minimum Gasteiger partial charge on any atom is -0.366 e. The number of benzene rings is 1. The number of amides is 2. The van der Waals surface area contributed by atoms with Crippen molar-refractivity contribution in [2.45, 2.75) is 6.92 Å². The van der Waals surface area contributed by atoms with Crippen LogP contribution in [0.3, 0.4) is 0 Å². The highest BCUT2D eigenvalue weighted by Gasteiger charge is 2.10. The third-order valence-corrected chi connectivity index (χ3v) is 4.09. The van der Waals surface area contributed by atoms with Crippen LogP contribution in [0.15, 0.2) is 33.4 Å². The minimum atomic E-state index is -0.484. The van der Waals surface area contributed by atoms with Crippen molar-refractivity contribution >= 4 is 44.8 Å². The summed E-state index contributed by atoms with van der Waals surface area (Å²) in [5.41, 5.74) is 7.67. The van der Waals surface area contributed by atoms with Crippen molar-refractivity contribution in [2.75, 3.05) is 5.32 Å². The monoisotopic (exact) mass is 338 g/mol. The summed E-state index contributed by atoms with van der Waals surface area (Å²) in [5.74, 6) is -0.667. The first-order chi connectivity index (χ1) is 8.97. The van der Waals surface area contributed by atoms with Crippen molar-refractivity contribution in [1.82, 2.24) is 0 Å². The molecule has 0 aliphatic heterocycles. The van der Waals surface area contributed by atoms with Crippen molar-refractivity contribution in [1.29, 1.82) is 0 Å². The molecule has 0 fully saturated rings. The first-order valence-electron chi connectivity index (χ1n) is 5.43. The van der Waals surface area contributed by atoms with Gasteiger partial charge in [0.1, 0.15) is 0 Å². The largest absolute Gasteiger partial charge is 0.366 e. The lowest BCUT2D eigenvalue weighted by atomic mass is 10.1. The van der Waals surface area contributed by atoms with E-state index >= 15 is 0 Å². The molecule has 2 amide bonds. The summed E-state index contributed by atoms with van der Waals surface area (Å²) in [4.78, 5) is 23.0. The van der Waals surface area contributed by atoms with Crippen LogP contribution in [0.2, 0.25) is 0 Å². The number of primary amides is 1. The zero-order valence-corrected chi connectivity index (χ0v) is 12.5. The van der Waals surface area contributed by atoms with Crippen LogP contribution < -0.4 is 11.1 Å². The summed E-state index contributed by atoms with van der Waals surface area (Å²) in [5, 5.41) is 4.57. The van der Waals surface area contributed by atoms with Gasteiger partial charge in [0.05, 0.1) is 9.35 Å². The van der Waals surface area contributed by atoms with Gasteiger partial charge >= 0.3 is 0 Å². The maximum absolute atomic E-state index is 12.0. The van der Waals surface area contributed by atoms with Gasteiger partial charge in [-0.1, -0.05) is 0 Å². The van der Waals surface area contributed by atoms with Crippen LogP contribution in [0, 0.1) is 6.92 Å². The van der Waals surface area contributed by atoms with Crippen LogP contribution in [0.5, 0.6) is 0 Å². The predicted molar refractivity (Wildman–Crippen MR) is 79.7 cm³/mol. The number of carbonyl (C=O) groups excluding carboxylic acids is 2. The Hall–Kier alpha value is -1.66. The SMILES string of the molecule is Cc1cc(C(N)=O)ccc1NC(=O)c1csc(Br)c1. The molecule has 0 bridgehead atoms. The standard InChI is InChI=1S/C13H11BrN2O2S/c1-7-4-8(12(15)17)2-3-10(7)16-13(18)9-5-11(14)19-6-9/h2-6H,1H3,(H2,15,17)(H,16,18). The third kappa shape index (κ3) is 3.21. The van der Waals surface area contributed by atoms with Crippen LogP contribution in [0.25, 0.3) is 0 Å². The number of carbonyl (C=O) groups is 2. The van der Waals surface area contributed by atoms with E-state index in [0.29, 0.717) is 16.8 Å². The second-order valence-electron chi connectivity index (χ2n) is 3.99. The van der Waals surface area contributed by atoms with Crippen LogP contribution >= 0.6 is 27.3 Å². The lowest BCUT2D eigenvalue weighted by molar-refractivity contribution is 0.0998. The summed E-state index contributed by atoms with van der Waals surface area (Å²) in [6.07, 6.45) is 0. The van der Waals surface area contributed by atoms with E-state index < -0.39 is 5.91 Å². The maximum atomic E-state index is 12.0. The summed E-state index contributed by atoms with van der Waals surface area (Å²) >= 11 is 4.76. The summed E-state index contributed by atoms with van der Waals surface area (Å²) in [6.45, 7) is 1.81. The van der Waals surface area contributed by atoms with Crippen molar-refractivity contribution in [3.05, 3.63) is 50.1 Å². The molecule has 1 aromatic carbocycles. The third-order valence-electron chi connectivity index (χ3n) is 2.59. The predicted octanol–water partition coefficient (Wildman–Crippen LogP) is 3.17. The molecule has 0 radical (unpaired) electrons. The van der Waals surface area contributed by atoms with Gasteiger partial charge in [0, 0.05) is 16.6 Å². The topological polar surface area (TPSA) is 72.2 Å². The highest BCUT2D eigenvalue weighted by Crippen LogP contribution is 2.22. The van der Waals surface area contributed by atoms with Crippen LogP contribution in [-0.4, -0.2) is 11.8 Å². The maximum Gasteiger partial charge on any atom is 0.256 e. The lowest BCUT2D eigenvalue weighted by Crippen LogP contribution is -2.14. The molecule has 0 saturated heterocycles. The molecule has 3 N–H and O–H groups in total. The fourth-order valence-electron chi connectivity index (χ4n) is 1.58. The fourth-order valence-corrected chi connectivity index (χ4v) is 2.72. The van der Waals surface area contributed by atoms with Crippen molar-refractivity contribution in [2.24, 2.45) is 5.73 Å². The Kier molecular flexibility index (Phi) is 4.01. The number of aryl methyl sites for hydroxylation is 1. The zero-order valence-electron chi connectivity index (χ0n) is 10.1. The molecule has 19 heavy (non-hydrogen) atoms. The van der Waals surface area contributed by atoms with Crippen LogP contribution in [-0.2, 0) is 0 Å². The number of hydrogen-bond donors (Lipinski definition) is 2. The van der Waals surface area contributed by atoms with Crippen molar-refractivity contribution in [3.63, 3.8) is 0 Å². The molecule has 6 heteroatoms. The Labute approximate surface area is 122 Å². The molecule has 98 valence electrons. The number of anilines is 1. The second-order valence-corrected chi connectivity index (χ2v) is 6.28. The Morgan fingerprint density at radius 2 is 2.00 bits per heavy atom. The van der Waals surface area contributed by atoms with E-state index in [1.807, 2.05) is 6.92 Å². The Bertz CT molecular complexity index is 652. The normalized spacial score (nSPS) is 10.2. The molecule has 0 unspecified atom stereocenters. The average molecular weight is 339 g/mol. The second kappa shape index (κ2) is 5.54. The quantitative estimate of drug-likeness (QED) is 0.902.